The van der Waals surface area contributed by atoms with E-state index in [9.17, 15) is 4.39 Å². The lowest BCUT2D eigenvalue weighted by Gasteiger charge is -2.35. The van der Waals surface area contributed by atoms with Crippen molar-refractivity contribution in [2.75, 3.05) is 26.2 Å². The van der Waals surface area contributed by atoms with Crippen LogP contribution in [0.5, 0.6) is 0 Å². The number of nitrogens with zero attached hydrogens (tertiary/aromatic N) is 1. The highest BCUT2D eigenvalue weighted by atomic mass is 79.9. The van der Waals surface area contributed by atoms with E-state index < -0.39 is 0 Å². The highest BCUT2D eigenvalue weighted by molar-refractivity contribution is 9.10. The molecule has 1 aromatic rings. The van der Waals surface area contributed by atoms with Gasteiger partial charge in [-0.3, -0.25) is 4.90 Å². The molecule has 22 heavy (non-hydrogen) atoms. The highest BCUT2D eigenvalue weighted by Gasteiger charge is 2.24. The lowest BCUT2D eigenvalue weighted by molar-refractivity contribution is 0.156. The fourth-order valence-electron chi connectivity index (χ4n) is 2.79. The molecule has 0 saturated carbocycles. The molecule has 0 aromatic heterocycles. The van der Waals surface area contributed by atoms with Gasteiger partial charge in [0.25, 0.3) is 0 Å². The minimum absolute atomic E-state index is 0. The number of nitrogens with one attached hydrogen (secondary N) is 1. The molecule has 1 saturated heterocycles. The summed E-state index contributed by atoms with van der Waals surface area (Å²) in [5.74, 6) is 0.561. The Hall–Kier alpha value is 0.130. The Kier molecular flexibility index (Phi) is 10.9. The summed E-state index contributed by atoms with van der Waals surface area (Å²) in [7, 11) is 0. The highest BCUT2D eigenvalue weighted by Crippen LogP contribution is 2.30. The number of halogens is 4. The first-order valence-corrected chi connectivity index (χ1v) is 8.27. The molecule has 0 radical (unpaired) electrons. The van der Waals surface area contributed by atoms with Crippen molar-refractivity contribution in [3.8, 4) is 0 Å². The molecule has 1 N–H and O–H groups in total. The maximum Gasteiger partial charge on any atom is 0.129 e. The van der Waals surface area contributed by atoms with Crippen LogP contribution in [-0.4, -0.2) is 31.1 Å². The van der Waals surface area contributed by atoms with Gasteiger partial charge in [-0.15, -0.1) is 24.8 Å². The van der Waals surface area contributed by atoms with Crippen LogP contribution in [0.3, 0.4) is 0 Å². The van der Waals surface area contributed by atoms with E-state index in [1.165, 1.54) is 0 Å². The number of benzene rings is 1. The van der Waals surface area contributed by atoms with E-state index >= 15 is 0 Å². The molecule has 2 nitrogen and oxygen atoms in total. The quantitative estimate of drug-likeness (QED) is 0.741. The predicted molar refractivity (Wildman–Crippen MR) is 99.9 cm³/mol. The van der Waals surface area contributed by atoms with Crippen molar-refractivity contribution in [1.82, 2.24) is 10.2 Å². The fourth-order valence-corrected chi connectivity index (χ4v) is 3.12. The van der Waals surface area contributed by atoms with Crippen molar-refractivity contribution >= 4 is 40.7 Å². The van der Waals surface area contributed by atoms with E-state index in [0.29, 0.717) is 5.92 Å². The van der Waals surface area contributed by atoms with Gasteiger partial charge in [0.15, 0.2) is 0 Å². The van der Waals surface area contributed by atoms with Crippen LogP contribution in [0, 0.1) is 11.7 Å². The lowest BCUT2D eigenvalue weighted by Crippen LogP contribution is -2.45. The minimum atomic E-state index is -0.0911. The van der Waals surface area contributed by atoms with Gasteiger partial charge in [-0.05, 0) is 30.9 Å². The number of rotatable bonds is 5. The largest absolute Gasteiger partial charge is 0.314 e. The average Bonchev–Trinajstić information content (AvgIpc) is 2.42. The Bertz CT molecular complexity index is 440. The van der Waals surface area contributed by atoms with E-state index in [-0.39, 0.29) is 36.7 Å². The zero-order valence-electron chi connectivity index (χ0n) is 13.1. The van der Waals surface area contributed by atoms with Crippen LogP contribution < -0.4 is 5.32 Å². The first-order chi connectivity index (χ1) is 9.58. The normalized spacial score (nSPS) is 16.8. The summed E-state index contributed by atoms with van der Waals surface area (Å²) >= 11 is 3.34. The van der Waals surface area contributed by atoms with Crippen LogP contribution >= 0.6 is 40.7 Å². The summed E-state index contributed by atoms with van der Waals surface area (Å²) in [4.78, 5) is 2.42. The third-order valence-electron chi connectivity index (χ3n) is 3.93. The van der Waals surface area contributed by atoms with Gasteiger partial charge in [0, 0.05) is 42.3 Å². The SMILES string of the molecule is CC(C)CC[C@H](c1ccc(Br)cc1F)N1CCNCC1.Cl.Cl. The zero-order valence-corrected chi connectivity index (χ0v) is 16.4. The molecule has 1 heterocycles. The summed E-state index contributed by atoms with van der Waals surface area (Å²) < 4.78 is 15.1. The second-order valence-corrected chi connectivity index (χ2v) is 6.85. The standard InChI is InChI=1S/C16H24BrFN2.2ClH/c1-12(2)3-6-16(20-9-7-19-8-10-20)14-5-4-13(17)11-15(14)18;;/h4-5,11-12,16,19H,3,6-10H2,1-2H3;2*1H/t16-;;/m1../s1. The Morgan fingerprint density at radius 1 is 1.18 bits per heavy atom. The molecule has 0 amide bonds. The molecule has 0 spiro atoms. The van der Waals surface area contributed by atoms with Gasteiger partial charge < -0.3 is 5.32 Å². The van der Waals surface area contributed by atoms with Crippen LogP contribution in [0.25, 0.3) is 0 Å². The molecule has 2 rings (SSSR count). The topological polar surface area (TPSA) is 15.3 Å². The van der Waals surface area contributed by atoms with Crippen molar-refractivity contribution in [3.63, 3.8) is 0 Å². The van der Waals surface area contributed by atoms with Crippen molar-refractivity contribution in [1.29, 1.82) is 0 Å². The fraction of sp³-hybridized carbons (Fsp3) is 0.625. The third kappa shape index (κ3) is 6.32. The molecule has 1 aromatic carbocycles. The van der Waals surface area contributed by atoms with E-state index in [1.807, 2.05) is 12.1 Å². The van der Waals surface area contributed by atoms with Crippen molar-refractivity contribution < 1.29 is 4.39 Å². The molecule has 0 bridgehead atoms. The third-order valence-corrected chi connectivity index (χ3v) is 4.42. The van der Waals surface area contributed by atoms with Crippen LogP contribution in [0.15, 0.2) is 22.7 Å². The molecule has 0 unspecified atom stereocenters. The molecule has 1 atom stereocenters. The van der Waals surface area contributed by atoms with Crippen molar-refractivity contribution in [2.45, 2.75) is 32.7 Å². The Balaban J connectivity index is 0.00000220. The van der Waals surface area contributed by atoms with Gasteiger partial charge in [0.1, 0.15) is 5.82 Å². The number of piperazine rings is 1. The molecule has 1 fully saturated rings. The van der Waals surface area contributed by atoms with Crippen LogP contribution in [0.2, 0.25) is 0 Å². The molecular formula is C16H26BrCl2FN2. The van der Waals surface area contributed by atoms with E-state index in [4.69, 9.17) is 0 Å². The molecule has 1 aliphatic rings. The Morgan fingerprint density at radius 3 is 2.36 bits per heavy atom. The Morgan fingerprint density at radius 2 is 1.82 bits per heavy atom. The summed E-state index contributed by atoms with van der Waals surface area (Å²) in [6.07, 6.45) is 2.15. The van der Waals surface area contributed by atoms with Crippen molar-refractivity contribution in [3.05, 3.63) is 34.1 Å². The second-order valence-electron chi connectivity index (χ2n) is 5.94. The molecule has 128 valence electrons. The second kappa shape index (κ2) is 10.8. The zero-order chi connectivity index (χ0) is 14.5. The number of hydrogen-bond acceptors (Lipinski definition) is 2. The first kappa shape index (κ1) is 22.1. The van der Waals surface area contributed by atoms with Gasteiger partial charge in [0.05, 0.1) is 0 Å². The lowest BCUT2D eigenvalue weighted by atomic mass is 9.95. The maximum atomic E-state index is 14.3. The predicted octanol–water partition coefficient (Wildman–Crippen LogP) is 4.81. The van der Waals surface area contributed by atoms with E-state index in [1.54, 1.807) is 6.07 Å². The van der Waals surface area contributed by atoms with E-state index in [2.05, 4.69) is 40.0 Å². The van der Waals surface area contributed by atoms with Crippen molar-refractivity contribution in [2.24, 2.45) is 5.92 Å². The van der Waals surface area contributed by atoms with Gasteiger partial charge >= 0.3 is 0 Å². The van der Waals surface area contributed by atoms with Gasteiger partial charge in [-0.2, -0.15) is 0 Å². The number of hydrogen-bond donors (Lipinski definition) is 1. The first-order valence-electron chi connectivity index (χ1n) is 7.47. The van der Waals surface area contributed by atoms with E-state index in [0.717, 1.165) is 49.1 Å². The summed E-state index contributed by atoms with van der Waals surface area (Å²) in [6, 6.07) is 5.67. The monoisotopic (exact) mass is 414 g/mol. The Labute approximate surface area is 154 Å². The maximum absolute atomic E-state index is 14.3. The summed E-state index contributed by atoms with van der Waals surface area (Å²) in [6.45, 7) is 8.45. The van der Waals surface area contributed by atoms with Crippen LogP contribution in [0.4, 0.5) is 4.39 Å². The van der Waals surface area contributed by atoms with Gasteiger partial charge in [-0.1, -0.05) is 35.8 Å². The molecule has 0 aliphatic carbocycles. The van der Waals surface area contributed by atoms with Crippen LogP contribution in [-0.2, 0) is 0 Å². The molecule has 1 aliphatic heterocycles. The average molecular weight is 416 g/mol. The molecular weight excluding hydrogens is 390 g/mol. The van der Waals surface area contributed by atoms with Gasteiger partial charge in [0.2, 0.25) is 0 Å². The smallest absolute Gasteiger partial charge is 0.129 e. The molecule has 6 heteroatoms. The summed E-state index contributed by atoms with van der Waals surface area (Å²) in [5, 5.41) is 3.37. The summed E-state index contributed by atoms with van der Waals surface area (Å²) in [5.41, 5.74) is 0.843. The van der Waals surface area contributed by atoms with Gasteiger partial charge in [-0.25, -0.2) is 4.39 Å². The van der Waals surface area contributed by atoms with Crippen LogP contribution in [0.1, 0.15) is 38.3 Å². The minimum Gasteiger partial charge on any atom is -0.314 e.